The fraction of sp³-hybridized carbons (Fsp3) is 0.250. The molecular weight excluding hydrogens is 357 g/mol. The summed E-state index contributed by atoms with van der Waals surface area (Å²) in [6, 6.07) is 11.0. The number of fused-ring (bicyclic) bond motifs is 1. The molecule has 0 aromatic heterocycles. The van der Waals surface area contributed by atoms with E-state index in [-0.39, 0.29) is 17.2 Å². The van der Waals surface area contributed by atoms with Crippen LogP contribution in [0.25, 0.3) is 0 Å². The summed E-state index contributed by atoms with van der Waals surface area (Å²) in [4.78, 5) is 0. The summed E-state index contributed by atoms with van der Waals surface area (Å²) in [6.45, 7) is 0. The van der Waals surface area contributed by atoms with Crippen molar-refractivity contribution in [1.82, 2.24) is 5.32 Å². The number of nitrogens with one attached hydrogen (secondary N) is 1. The number of ether oxygens (including phenoxy) is 1. The summed E-state index contributed by atoms with van der Waals surface area (Å²) >= 11 is 9.34. The largest absolute Gasteiger partial charge is 0.485 e. The van der Waals surface area contributed by atoms with Gasteiger partial charge in [0, 0.05) is 28.1 Å². The lowest BCUT2D eigenvalue weighted by Crippen LogP contribution is -2.27. The van der Waals surface area contributed by atoms with E-state index in [1.807, 2.05) is 25.2 Å². The Hall–Kier alpha value is -1.10. The highest BCUT2D eigenvalue weighted by Gasteiger charge is 2.30. The maximum absolute atomic E-state index is 14.2. The van der Waals surface area contributed by atoms with E-state index in [1.54, 1.807) is 18.2 Å². The first-order valence-corrected chi connectivity index (χ1v) is 7.84. The van der Waals surface area contributed by atoms with Crippen LogP contribution in [-0.2, 0) is 0 Å². The fourth-order valence-corrected chi connectivity index (χ4v) is 3.23. The van der Waals surface area contributed by atoms with Crippen molar-refractivity contribution < 1.29 is 9.13 Å². The van der Waals surface area contributed by atoms with Gasteiger partial charge >= 0.3 is 0 Å². The number of hydrogen-bond donors (Lipinski definition) is 1. The monoisotopic (exact) mass is 369 g/mol. The quantitative estimate of drug-likeness (QED) is 0.801. The normalized spacial score (nSPS) is 20.8. The highest BCUT2D eigenvalue weighted by Crippen LogP contribution is 2.42. The number of benzene rings is 2. The van der Waals surface area contributed by atoms with Crippen LogP contribution in [0, 0.1) is 5.82 Å². The summed E-state index contributed by atoms with van der Waals surface area (Å²) in [7, 11) is 1.89. The fourth-order valence-electron chi connectivity index (χ4n) is 2.67. The van der Waals surface area contributed by atoms with Crippen molar-refractivity contribution in [1.29, 1.82) is 0 Å². The Morgan fingerprint density at radius 3 is 2.86 bits per heavy atom. The van der Waals surface area contributed by atoms with Crippen LogP contribution in [-0.4, -0.2) is 7.05 Å². The predicted molar refractivity (Wildman–Crippen MR) is 85.3 cm³/mol. The van der Waals surface area contributed by atoms with E-state index in [4.69, 9.17) is 16.3 Å². The first-order valence-electron chi connectivity index (χ1n) is 6.67. The van der Waals surface area contributed by atoms with Gasteiger partial charge in [-0.05, 0) is 31.3 Å². The molecule has 5 heteroatoms. The van der Waals surface area contributed by atoms with Crippen LogP contribution in [0.1, 0.15) is 29.7 Å². The molecule has 2 unspecified atom stereocenters. The molecular formula is C16H14BrClFNO. The zero-order chi connectivity index (χ0) is 15.0. The highest BCUT2D eigenvalue weighted by atomic mass is 79.9. The predicted octanol–water partition coefficient (Wildman–Crippen LogP) is 5.03. The topological polar surface area (TPSA) is 21.3 Å². The van der Waals surface area contributed by atoms with Gasteiger partial charge in [0.2, 0.25) is 0 Å². The molecule has 0 amide bonds. The van der Waals surface area contributed by atoms with Gasteiger partial charge in [0.15, 0.2) is 0 Å². The first kappa shape index (κ1) is 14.8. The van der Waals surface area contributed by atoms with Crippen LogP contribution < -0.4 is 10.1 Å². The van der Waals surface area contributed by atoms with Gasteiger partial charge in [-0.2, -0.15) is 0 Å². The van der Waals surface area contributed by atoms with Crippen molar-refractivity contribution in [2.24, 2.45) is 0 Å². The minimum Gasteiger partial charge on any atom is -0.485 e. The van der Waals surface area contributed by atoms with Gasteiger partial charge in [0.1, 0.15) is 17.7 Å². The van der Waals surface area contributed by atoms with E-state index in [0.29, 0.717) is 12.0 Å². The zero-order valence-corrected chi connectivity index (χ0v) is 13.7. The molecule has 1 N–H and O–H groups in total. The SMILES string of the molecule is CNC1CC(c2cccc(Cl)c2F)Oc2ccc(Br)cc21. The molecule has 0 bridgehead atoms. The van der Waals surface area contributed by atoms with Gasteiger partial charge in [-0.1, -0.05) is 39.7 Å². The van der Waals surface area contributed by atoms with E-state index in [1.165, 1.54) is 0 Å². The van der Waals surface area contributed by atoms with E-state index in [2.05, 4.69) is 21.2 Å². The molecule has 0 saturated carbocycles. The van der Waals surface area contributed by atoms with Crippen molar-refractivity contribution >= 4 is 27.5 Å². The Bertz CT molecular complexity index is 679. The van der Waals surface area contributed by atoms with Crippen molar-refractivity contribution in [2.45, 2.75) is 18.6 Å². The van der Waals surface area contributed by atoms with Crippen molar-refractivity contribution in [3.8, 4) is 5.75 Å². The molecule has 1 aliphatic rings. The molecule has 0 radical (unpaired) electrons. The molecule has 21 heavy (non-hydrogen) atoms. The summed E-state index contributed by atoms with van der Waals surface area (Å²) in [5.41, 5.74) is 1.57. The minimum absolute atomic E-state index is 0.106. The van der Waals surface area contributed by atoms with Gasteiger partial charge in [-0.3, -0.25) is 0 Å². The van der Waals surface area contributed by atoms with E-state index in [0.717, 1.165) is 15.8 Å². The van der Waals surface area contributed by atoms with Crippen LogP contribution in [0.5, 0.6) is 5.75 Å². The Kier molecular flexibility index (Phi) is 4.20. The third kappa shape index (κ3) is 2.80. The van der Waals surface area contributed by atoms with E-state index < -0.39 is 5.82 Å². The number of rotatable bonds is 2. The van der Waals surface area contributed by atoms with Gasteiger partial charge in [0.25, 0.3) is 0 Å². The second-order valence-electron chi connectivity index (χ2n) is 5.01. The van der Waals surface area contributed by atoms with Crippen molar-refractivity contribution in [3.63, 3.8) is 0 Å². The number of halogens is 3. The Labute approximate surface area is 136 Å². The number of hydrogen-bond acceptors (Lipinski definition) is 2. The Morgan fingerprint density at radius 2 is 2.10 bits per heavy atom. The molecule has 0 spiro atoms. The third-order valence-electron chi connectivity index (χ3n) is 3.74. The highest BCUT2D eigenvalue weighted by molar-refractivity contribution is 9.10. The van der Waals surface area contributed by atoms with Crippen LogP contribution in [0.15, 0.2) is 40.9 Å². The lowest BCUT2D eigenvalue weighted by atomic mass is 9.93. The molecule has 0 saturated heterocycles. The maximum Gasteiger partial charge on any atom is 0.148 e. The van der Waals surface area contributed by atoms with Gasteiger partial charge in [-0.25, -0.2) is 4.39 Å². The molecule has 3 rings (SSSR count). The second kappa shape index (κ2) is 5.95. The first-order chi connectivity index (χ1) is 10.1. The zero-order valence-electron chi connectivity index (χ0n) is 11.4. The summed E-state index contributed by atoms with van der Waals surface area (Å²) in [6.07, 6.45) is 0.298. The third-order valence-corrected chi connectivity index (χ3v) is 4.53. The molecule has 1 aliphatic heterocycles. The summed E-state index contributed by atoms with van der Waals surface area (Å²) in [5, 5.41) is 3.39. The molecule has 2 atom stereocenters. The average molecular weight is 371 g/mol. The summed E-state index contributed by atoms with van der Waals surface area (Å²) in [5.74, 6) is 0.368. The Morgan fingerprint density at radius 1 is 1.29 bits per heavy atom. The van der Waals surface area contributed by atoms with Crippen LogP contribution in [0.2, 0.25) is 5.02 Å². The second-order valence-corrected chi connectivity index (χ2v) is 6.33. The molecule has 1 heterocycles. The average Bonchev–Trinajstić information content (AvgIpc) is 2.49. The standard InChI is InChI=1S/C16H14BrClFNO/c1-20-13-8-15(10-3-2-4-12(18)16(10)19)21-14-6-5-9(17)7-11(13)14/h2-7,13,15,20H,8H2,1H3. The van der Waals surface area contributed by atoms with Crippen LogP contribution in [0.3, 0.4) is 0 Å². The van der Waals surface area contributed by atoms with Crippen LogP contribution >= 0.6 is 27.5 Å². The minimum atomic E-state index is -0.403. The van der Waals surface area contributed by atoms with Gasteiger partial charge < -0.3 is 10.1 Å². The van der Waals surface area contributed by atoms with E-state index in [9.17, 15) is 4.39 Å². The molecule has 2 aromatic rings. The smallest absolute Gasteiger partial charge is 0.148 e. The molecule has 2 aromatic carbocycles. The van der Waals surface area contributed by atoms with Gasteiger partial charge in [-0.15, -0.1) is 0 Å². The van der Waals surface area contributed by atoms with Crippen molar-refractivity contribution in [2.75, 3.05) is 7.05 Å². The molecule has 0 aliphatic carbocycles. The summed E-state index contributed by atoms with van der Waals surface area (Å²) < 4.78 is 21.2. The maximum atomic E-state index is 14.2. The van der Waals surface area contributed by atoms with Crippen LogP contribution in [0.4, 0.5) is 4.39 Å². The lowest BCUT2D eigenvalue weighted by Gasteiger charge is -2.32. The van der Waals surface area contributed by atoms with Gasteiger partial charge in [0.05, 0.1) is 5.02 Å². The Balaban J connectivity index is 2.01. The molecule has 2 nitrogen and oxygen atoms in total. The van der Waals surface area contributed by atoms with Crippen molar-refractivity contribution in [3.05, 3.63) is 62.8 Å². The lowest BCUT2D eigenvalue weighted by molar-refractivity contribution is 0.150. The molecule has 110 valence electrons. The van der Waals surface area contributed by atoms with E-state index >= 15 is 0 Å². The molecule has 0 fully saturated rings.